The van der Waals surface area contributed by atoms with E-state index in [1.54, 1.807) is 18.2 Å². The summed E-state index contributed by atoms with van der Waals surface area (Å²) in [7, 11) is 0. The number of carbonyl (C=O) groups is 1. The highest BCUT2D eigenvalue weighted by Gasteiger charge is 2.08. The molecule has 0 aliphatic heterocycles. The minimum Gasteiger partial charge on any atom is -0.492 e. The molecule has 0 radical (unpaired) electrons. The molecule has 1 amide bonds. The van der Waals surface area contributed by atoms with Gasteiger partial charge in [0.25, 0.3) is 0 Å². The molecule has 2 aromatic rings. The van der Waals surface area contributed by atoms with Gasteiger partial charge in [-0.2, -0.15) is 0 Å². The summed E-state index contributed by atoms with van der Waals surface area (Å²) in [5, 5.41) is 3.26. The first-order valence-electron chi connectivity index (χ1n) is 6.78. The van der Waals surface area contributed by atoms with Crippen molar-refractivity contribution < 1.29 is 18.3 Å². The number of halogens is 4. The number of anilines is 1. The molecule has 0 heterocycles. The normalized spacial score (nSPS) is 10.4. The molecule has 0 unspecified atom stereocenters. The second-order valence-corrected chi connectivity index (χ2v) is 5.54. The average molecular weight is 360 g/mol. The van der Waals surface area contributed by atoms with E-state index in [0.29, 0.717) is 28.3 Å². The van der Waals surface area contributed by atoms with Crippen LogP contribution in [-0.2, 0) is 4.79 Å². The summed E-state index contributed by atoms with van der Waals surface area (Å²) < 4.78 is 31.6. The van der Waals surface area contributed by atoms with Crippen LogP contribution in [0, 0.1) is 11.6 Å². The molecule has 0 aliphatic carbocycles. The largest absolute Gasteiger partial charge is 0.492 e. The predicted molar refractivity (Wildman–Crippen MR) is 86.2 cm³/mol. The van der Waals surface area contributed by atoms with E-state index in [2.05, 4.69) is 5.32 Å². The van der Waals surface area contributed by atoms with E-state index in [4.69, 9.17) is 27.9 Å². The van der Waals surface area contributed by atoms with Crippen molar-refractivity contribution in [1.29, 1.82) is 0 Å². The molecule has 0 aliphatic rings. The summed E-state index contributed by atoms with van der Waals surface area (Å²) in [6, 6.07) is 7.80. The summed E-state index contributed by atoms with van der Waals surface area (Å²) in [5.41, 5.74) is -0.0573. The third kappa shape index (κ3) is 5.37. The summed E-state index contributed by atoms with van der Waals surface area (Å²) >= 11 is 11.7. The maximum atomic E-state index is 13.4. The van der Waals surface area contributed by atoms with Crippen LogP contribution in [0.25, 0.3) is 0 Å². The Labute approximate surface area is 142 Å². The van der Waals surface area contributed by atoms with Crippen molar-refractivity contribution in [3.05, 3.63) is 58.1 Å². The van der Waals surface area contributed by atoms with E-state index >= 15 is 0 Å². The molecule has 7 heteroatoms. The molecule has 122 valence electrons. The SMILES string of the molecule is O=C(CCCOc1ccc(Cl)cc1Cl)Nc1ccc(F)cc1F. The highest BCUT2D eigenvalue weighted by molar-refractivity contribution is 6.35. The maximum Gasteiger partial charge on any atom is 0.224 e. The molecule has 2 rings (SSSR count). The predicted octanol–water partition coefficient (Wildman–Crippen LogP) is 5.07. The number of rotatable bonds is 6. The number of nitrogens with one attached hydrogen (secondary N) is 1. The molecule has 0 saturated heterocycles. The van der Waals surface area contributed by atoms with Gasteiger partial charge in [-0.05, 0) is 36.8 Å². The second-order valence-electron chi connectivity index (χ2n) is 4.70. The van der Waals surface area contributed by atoms with Crippen LogP contribution in [0.15, 0.2) is 36.4 Å². The number of hydrogen-bond acceptors (Lipinski definition) is 2. The van der Waals surface area contributed by atoms with Crippen LogP contribution >= 0.6 is 23.2 Å². The van der Waals surface area contributed by atoms with E-state index in [0.717, 1.165) is 6.07 Å². The second kappa shape index (κ2) is 8.13. The number of hydrogen-bond donors (Lipinski definition) is 1. The molecular formula is C16H13Cl2F2NO2. The molecule has 3 nitrogen and oxygen atoms in total. The molecule has 0 fully saturated rings. The summed E-state index contributed by atoms with van der Waals surface area (Å²) in [6.07, 6.45) is 0.537. The Morgan fingerprint density at radius 2 is 1.91 bits per heavy atom. The Balaban J connectivity index is 1.76. The Bertz CT molecular complexity index is 710. The Kier molecular flexibility index (Phi) is 6.19. The molecule has 0 saturated carbocycles. The lowest BCUT2D eigenvalue weighted by molar-refractivity contribution is -0.116. The van der Waals surface area contributed by atoms with Crippen molar-refractivity contribution in [2.75, 3.05) is 11.9 Å². The van der Waals surface area contributed by atoms with Crippen molar-refractivity contribution in [2.24, 2.45) is 0 Å². The van der Waals surface area contributed by atoms with E-state index < -0.39 is 11.6 Å². The smallest absolute Gasteiger partial charge is 0.224 e. The average Bonchev–Trinajstić information content (AvgIpc) is 2.48. The third-order valence-corrected chi connectivity index (χ3v) is 3.44. The lowest BCUT2D eigenvalue weighted by Gasteiger charge is -2.09. The van der Waals surface area contributed by atoms with Gasteiger partial charge in [-0.15, -0.1) is 0 Å². The van der Waals surface area contributed by atoms with Crippen LogP contribution < -0.4 is 10.1 Å². The maximum absolute atomic E-state index is 13.4. The van der Waals surface area contributed by atoms with Gasteiger partial charge < -0.3 is 10.1 Å². The van der Waals surface area contributed by atoms with Crippen molar-refractivity contribution >= 4 is 34.8 Å². The molecule has 0 bridgehead atoms. The molecular weight excluding hydrogens is 347 g/mol. The van der Waals surface area contributed by atoms with Gasteiger partial charge in [-0.1, -0.05) is 23.2 Å². The fourth-order valence-electron chi connectivity index (χ4n) is 1.81. The van der Waals surface area contributed by atoms with Crippen LogP contribution in [0.4, 0.5) is 14.5 Å². The zero-order valence-corrected chi connectivity index (χ0v) is 13.4. The number of amides is 1. The quantitative estimate of drug-likeness (QED) is 0.731. The molecule has 2 aromatic carbocycles. The van der Waals surface area contributed by atoms with Gasteiger partial charge in [0.15, 0.2) is 0 Å². The van der Waals surface area contributed by atoms with Gasteiger partial charge in [0, 0.05) is 17.5 Å². The Morgan fingerprint density at radius 3 is 2.61 bits per heavy atom. The van der Waals surface area contributed by atoms with Crippen molar-refractivity contribution in [3.63, 3.8) is 0 Å². The molecule has 1 N–H and O–H groups in total. The van der Waals surface area contributed by atoms with Crippen molar-refractivity contribution in [2.45, 2.75) is 12.8 Å². The lowest BCUT2D eigenvalue weighted by atomic mass is 10.2. The van der Waals surface area contributed by atoms with Crippen LogP contribution in [-0.4, -0.2) is 12.5 Å². The first kappa shape index (κ1) is 17.5. The fourth-order valence-corrected chi connectivity index (χ4v) is 2.27. The zero-order chi connectivity index (χ0) is 16.8. The summed E-state index contributed by atoms with van der Waals surface area (Å²) in [5.74, 6) is -1.43. The lowest BCUT2D eigenvalue weighted by Crippen LogP contribution is -2.14. The van der Waals surface area contributed by atoms with E-state index in [1.165, 1.54) is 6.07 Å². The number of ether oxygens (including phenoxy) is 1. The van der Waals surface area contributed by atoms with Crippen LogP contribution in [0.5, 0.6) is 5.75 Å². The first-order chi connectivity index (χ1) is 11.0. The Hall–Kier alpha value is -1.85. The van der Waals surface area contributed by atoms with Gasteiger partial charge in [-0.25, -0.2) is 8.78 Å². The molecule has 23 heavy (non-hydrogen) atoms. The number of benzene rings is 2. The third-order valence-electron chi connectivity index (χ3n) is 2.90. The first-order valence-corrected chi connectivity index (χ1v) is 7.54. The van der Waals surface area contributed by atoms with Gasteiger partial charge >= 0.3 is 0 Å². The molecule has 0 spiro atoms. The van der Waals surface area contributed by atoms with Gasteiger partial charge in [0.2, 0.25) is 5.91 Å². The Morgan fingerprint density at radius 1 is 1.13 bits per heavy atom. The standard InChI is InChI=1S/C16H13Cl2F2NO2/c17-10-3-6-15(12(18)8-10)23-7-1-2-16(22)21-14-5-4-11(19)9-13(14)20/h3-6,8-9H,1-2,7H2,(H,21,22). The van der Waals surface area contributed by atoms with Gasteiger partial charge in [0.1, 0.15) is 17.4 Å². The van der Waals surface area contributed by atoms with Crippen molar-refractivity contribution in [1.82, 2.24) is 0 Å². The monoisotopic (exact) mass is 359 g/mol. The zero-order valence-electron chi connectivity index (χ0n) is 11.9. The van der Waals surface area contributed by atoms with Crippen molar-refractivity contribution in [3.8, 4) is 5.75 Å². The molecule has 0 aromatic heterocycles. The minimum absolute atomic E-state index is 0.0573. The van der Waals surface area contributed by atoms with Gasteiger partial charge in [-0.3, -0.25) is 4.79 Å². The highest BCUT2D eigenvalue weighted by Crippen LogP contribution is 2.27. The summed E-state index contributed by atoms with van der Waals surface area (Å²) in [6.45, 7) is 0.265. The fraction of sp³-hybridized carbons (Fsp3) is 0.188. The topological polar surface area (TPSA) is 38.3 Å². The van der Waals surface area contributed by atoms with Crippen LogP contribution in [0.1, 0.15) is 12.8 Å². The molecule has 0 atom stereocenters. The highest BCUT2D eigenvalue weighted by atomic mass is 35.5. The summed E-state index contributed by atoms with van der Waals surface area (Å²) in [4.78, 5) is 11.7. The van der Waals surface area contributed by atoms with E-state index in [1.807, 2.05) is 0 Å². The minimum atomic E-state index is -0.817. The van der Waals surface area contributed by atoms with Crippen LogP contribution in [0.3, 0.4) is 0 Å². The van der Waals surface area contributed by atoms with Crippen LogP contribution in [0.2, 0.25) is 10.0 Å². The van der Waals surface area contributed by atoms with E-state index in [9.17, 15) is 13.6 Å². The van der Waals surface area contributed by atoms with Gasteiger partial charge in [0.05, 0.1) is 17.3 Å². The number of carbonyl (C=O) groups excluding carboxylic acids is 1. The van der Waals surface area contributed by atoms with E-state index in [-0.39, 0.29) is 24.6 Å².